The Morgan fingerprint density at radius 2 is 1.66 bits per heavy atom. The van der Waals surface area contributed by atoms with Crippen molar-refractivity contribution in [3.63, 3.8) is 0 Å². The molecule has 4 rings (SSSR count). The second-order valence-electron chi connectivity index (χ2n) is 7.22. The molecule has 0 bridgehead atoms. The molecule has 162 valence electrons. The van der Waals surface area contributed by atoms with Gasteiger partial charge in [-0.3, -0.25) is 0 Å². The molecular weight excluding hydrogens is 428 g/mol. The molecule has 2 amide bonds. The number of benzene rings is 2. The molecule has 9 heteroatoms. The fraction of sp³-hybridized carbons (Fsp3) is 0.130. The minimum Gasteiger partial charge on any atom is -0.439 e. The van der Waals surface area contributed by atoms with Gasteiger partial charge >= 0.3 is 6.03 Å². The fourth-order valence-corrected chi connectivity index (χ4v) is 3.23. The van der Waals surface area contributed by atoms with Gasteiger partial charge in [-0.05, 0) is 68.8 Å². The summed E-state index contributed by atoms with van der Waals surface area (Å²) in [5.41, 5.74) is 4.04. The Morgan fingerprint density at radius 3 is 2.34 bits per heavy atom. The zero-order valence-electron chi connectivity index (χ0n) is 17.8. The Hall–Kier alpha value is -3.91. The summed E-state index contributed by atoms with van der Waals surface area (Å²) in [6, 6.07) is 15.6. The highest BCUT2D eigenvalue weighted by molar-refractivity contribution is 6.31. The van der Waals surface area contributed by atoms with Gasteiger partial charge in [-0.2, -0.15) is 5.10 Å². The van der Waals surface area contributed by atoms with Crippen LogP contribution < -0.4 is 15.4 Å². The van der Waals surface area contributed by atoms with Gasteiger partial charge in [0.15, 0.2) is 5.82 Å². The summed E-state index contributed by atoms with van der Waals surface area (Å²) in [4.78, 5) is 20.7. The fourth-order valence-electron chi connectivity index (χ4n) is 3.05. The molecule has 0 atom stereocenters. The minimum absolute atomic E-state index is 0.371. The van der Waals surface area contributed by atoms with Crippen LogP contribution in [0.15, 0.2) is 60.9 Å². The predicted molar refractivity (Wildman–Crippen MR) is 124 cm³/mol. The summed E-state index contributed by atoms with van der Waals surface area (Å²) in [5, 5.41) is 10.5. The van der Waals surface area contributed by atoms with Gasteiger partial charge in [-0.1, -0.05) is 17.7 Å². The van der Waals surface area contributed by atoms with E-state index in [-0.39, 0.29) is 6.03 Å². The lowest BCUT2D eigenvalue weighted by Gasteiger charge is -2.10. The quantitative estimate of drug-likeness (QED) is 0.409. The second kappa shape index (κ2) is 9.07. The van der Waals surface area contributed by atoms with Crippen LogP contribution in [0.25, 0.3) is 5.82 Å². The number of hydrogen-bond donors (Lipinski definition) is 2. The third-order valence-electron chi connectivity index (χ3n) is 4.62. The number of nitrogens with zero attached hydrogens (tertiary/aromatic N) is 4. The van der Waals surface area contributed by atoms with E-state index in [0.29, 0.717) is 33.8 Å². The molecule has 0 aliphatic heterocycles. The molecule has 0 fully saturated rings. The van der Waals surface area contributed by atoms with Crippen LogP contribution in [-0.2, 0) is 0 Å². The molecule has 2 aromatic heterocycles. The highest BCUT2D eigenvalue weighted by atomic mass is 35.5. The first-order chi connectivity index (χ1) is 15.4. The number of rotatable bonds is 5. The molecule has 0 saturated carbocycles. The van der Waals surface area contributed by atoms with Crippen LogP contribution in [0.1, 0.15) is 17.0 Å². The SMILES string of the molecule is Cc1cc(C)n(-c2cc(Oc3ccc(NC(=O)Nc4ccc(C)c(Cl)c4)cc3)ncn2)n1. The lowest BCUT2D eigenvalue weighted by atomic mass is 10.2. The van der Waals surface area contributed by atoms with Crippen molar-refractivity contribution >= 4 is 29.0 Å². The molecule has 2 aromatic carbocycles. The van der Waals surface area contributed by atoms with Gasteiger partial charge in [0, 0.05) is 28.2 Å². The average Bonchev–Trinajstić information content (AvgIpc) is 3.10. The number of ether oxygens (including phenoxy) is 1. The lowest BCUT2D eigenvalue weighted by Crippen LogP contribution is -2.19. The van der Waals surface area contributed by atoms with E-state index in [1.165, 1.54) is 6.33 Å². The predicted octanol–water partition coefficient (Wildman–Crippen LogP) is 5.68. The Morgan fingerprint density at radius 1 is 0.938 bits per heavy atom. The van der Waals surface area contributed by atoms with Crippen molar-refractivity contribution in [3.05, 3.63) is 82.9 Å². The number of amides is 2. The Kier molecular flexibility index (Phi) is 6.04. The smallest absolute Gasteiger partial charge is 0.323 e. The van der Waals surface area contributed by atoms with Crippen molar-refractivity contribution in [3.8, 4) is 17.4 Å². The van der Waals surface area contributed by atoms with Gasteiger partial charge in [-0.15, -0.1) is 0 Å². The standard InChI is InChI=1S/C23H21ClN6O2/c1-14-4-5-18(11-20(14)24)28-23(31)27-17-6-8-19(9-7-17)32-22-12-21(25-13-26-22)30-16(3)10-15(2)29-30/h4-13H,1-3H3,(H2,27,28,31). The van der Waals surface area contributed by atoms with Crippen molar-refractivity contribution in [2.75, 3.05) is 10.6 Å². The molecule has 0 aliphatic rings. The molecule has 2 N–H and O–H groups in total. The molecule has 2 heterocycles. The third-order valence-corrected chi connectivity index (χ3v) is 5.03. The molecule has 4 aromatic rings. The maximum atomic E-state index is 12.2. The number of aryl methyl sites for hydroxylation is 3. The number of urea groups is 1. The van der Waals surface area contributed by atoms with Gasteiger partial charge in [0.25, 0.3) is 0 Å². The number of carbonyl (C=O) groups is 1. The molecule has 0 spiro atoms. The monoisotopic (exact) mass is 448 g/mol. The Labute approximate surface area is 190 Å². The van der Waals surface area contributed by atoms with Crippen LogP contribution in [-0.4, -0.2) is 25.8 Å². The summed E-state index contributed by atoms with van der Waals surface area (Å²) in [6.07, 6.45) is 1.43. The normalized spacial score (nSPS) is 10.6. The van der Waals surface area contributed by atoms with Crippen molar-refractivity contribution in [2.45, 2.75) is 20.8 Å². The zero-order chi connectivity index (χ0) is 22.7. The molecule has 32 heavy (non-hydrogen) atoms. The number of nitrogens with one attached hydrogen (secondary N) is 2. The van der Waals surface area contributed by atoms with E-state index in [9.17, 15) is 4.79 Å². The molecular formula is C23H21ClN6O2. The van der Waals surface area contributed by atoms with Crippen molar-refractivity contribution in [1.29, 1.82) is 0 Å². The van der Waals surface area contributed by atoms with Gasteiger partial charge in [0.1, 0.15) is 12.1 Å². The Balaban J connectivity index is 1.39. The maximum Gasteiger partial charge on any atom is 0.323 e. The summed E-state index contributed by atoms with van der Waals surface area (Å²) in [6.45, 7) is 5.78. The molecule has 0 saturated heterocycles. The van der Waals surface area contributed by atoms with Crippen LogP contribution in [0.2, 0.25) is 5.02 Å². The zero-order valence-corrected chi connectivity index (χ0v) is 18.5. The topological polar surface area (TPSA) is 94.0 Å². The molecule has 0 aliphatic carbocycles. The van der Waals surface area contributed by atoms with Crippen LogP contribution in [0.3, 0.4) is 0 Å². The summed E-state index contributed by atoms with van der Waals surface area (Å²) < 4.78 is 7.56. The summed E-state index contributed by atoms with van der Waals surface area (Å²) in [5.74, 6) is 1.57. The highest BCUT2D eigenvalue weighted by Crippen LogP contribution is 2.23. The lowest BCUT2D eigenvalue weighted by molar-refractivity contribution is 0.262. The van der Waals surface area contributed by atoms with E-state index in [1.807, 2.05) is 32.9 Å². The van der Waals surface area contributed by atoms with E-state index < -0.39 is 0 Å². The van der Waals surface area contributed by atoms with Crippen LogP contribution in [0.5, 0.6) is 11.6 Å². The first-order valence-electron chi connectivity index (χ1n) is 9.85. The average molecular weight is 449 g/mol. The molecule has 8 nitrogen and oxygen atoms in total. The van der Waals surface area contributed by atoms with Crippen molar-refractivity contribution in [2.24, 2.45) is 0 Å². The van der Waals surface area contributed by atoms with E-state index in [4.69, 9.17) is 16.3 Å². The molecule has 0 unspecified atom stereocenters. The van der Waals surface area contributed by atoms with Crippen LogP contribution >= 0.6 is 11.6 Å². The number of carbonyl (C=O) groups excluding carboxylic acids is 1. The largest absolute Gasteiger partial charge is 0.439 e. The summed E-state index contributed by atoms with van der Waals surface area (Å²) >= 11 is 6.10. The highest BCUT2D eigenvalue weighted by Gasteiger charge is 2.09. The van der Waals surface area contributed by atoms with E-state index in [0.717, 1.165) is 17.0 Å². The minimum atomic E-state index is -0.371. The van der Waals surface area contributed by atoms with Gasteiger partial charge in [0.2, 0.25) is 5.88 Å². The Bertz CT molecular complexity index is 1270. The summed E-state index contributed by atoms with van der Waals surface area (Å²) in [7, 11) is 0. The van der Waals surface area contributed by atoms with Gasteiger partial charge < -0.3 is 15.4 Å². The van der Waals surface area contributed by atoms with Crippen LogP contribution in [0, 0.1) is 20.8 Å². The van der Waals surface area contributed by atoms with E-state index in [2.05, 4.69) is 25.7 Å². The van der Waals surface area contributed by atoms with E-state index >= 15 is 0 Å². The van der Waals surface area contributed by atoms with Crippen molar-refractivity contribution < 1.29 is 9.53 Å². The number of halogens is 1. The second-order valence-corrected chi connectivity index (χ2v) is 7.63. The molecule has 0 radical (unpaired) electrons. The number of anilines is 2. The van der Waals surface area contributed by atoms with Crippen molar-refractivity contribution in [1.82, 2.24) is 19.7 Å². The maximum absolute atomic E-state index is 12.2. The first-order valence-corrected chi connectivity index (χ1v) is 10.2. The number of hydrogen-bond acceptors (Lipinski definition) is 5. The third kappa shape index (κ3) is 5.04. The van der Waals surface area contributed by atoms with Gasteiger partial charge in [0.05, 0.1) is 5.69 Å². The first kappa shape index (κ1) is 21.3. The van der Waals surface area contributed by atoms with Gasteiger partial charge in [-0.25, -0.2) is 19.4 Å². The van der Waals surface area contributed by atoms with E-state index in [1.54, 1.807) is 47.1 Å². The number of aromatic nitrogens is 4. The van der Waals surface area contributed by atoms with Crippen LogP contribution in [0.4, 0.5) is 16.2 Å².